The molecule has 2 N–H and O–H groups in total. The third-order valence-electron chi connectivity index (χ3n) is 6.17. The maximum Gasteiger partial charge on any atom is 0.250 e. The highest BCUT2D eigenvalue weighted by molar-refractivity contribution is 6.06. The van der Waals surface area contributed by atoms with Crippen LogP contribution in [0.1, 0.15) is 39.0 Å². The molecular weight excluding hydrogens is 328 g/mol. The summed E-state index contributed by atoms with van der Waals surface area (Å²) in [7, 11) is 0. The van der Waals surface area contributed by atoms with E-state index in [0.29, 0.717) is 25.9 Å². The van der Waals surface area contributed by atoms with Crippen LogP contribution in [0.3, 0.4) is 0 Å². The van der Waals surface area contributed by atoms with E-state index in [-0.39, 0.29) is 17.9 Å². The third kappa shape index (κ3) is 2.96. The first-order chi connectivity index (χ1) is 12.6. The summed E-state index contributed by atoms with van der Waals surface area (Å²) in [4.78, 5) is 30.0. The summed E-state index contributed by atoms with van der Waals surface area (Å²) in [6, 6.07) is 7.80. The van der Waals surface area contributed by atoms with E-state index < -0.39 is 5.54 Å². The van der Waals surface area contributed by atoms with Crippen molar-refractivity contribution in [2.24, 2.45) is 0 Å². The van der Waals surface area contributed by atoms with Gasteiger partial charge in [0.1, 0.15) is 5.54 Å². The van der Waals surface area contributed by atoms with Crippen molar-refractivity contribution in [1.29, 1.82) is 0 Å². The maximum atomic E-state index is 13.0. The molecule has 1 unspecified atom stereocenters. The molecule has 0 bridgehead atoms. The van der Waals surface area contributed by atoms with Crippen LogP contribution < -0.4 is 10.6 Å². The molecule has 0 aromatic heterocycles. The van der Waals surface area contributed by atoms with Crippen LogP contribution in [0.5, 0.6) is 0 Å². The van der Waals surface area contributed by atoms with E-state index in [0.717, 1.165) is 30.9 Å². The van der Waals surface area contributed by atoms with Crippen molar-refractivity contribution in [2.75, 3.05) is 36.8 Å². The Labute approximate surface area is 154 Å². The summed E-state index contributed by atoms with van der Waals surface area (Å²) < 4.78 is 0. The van der Waals surface area contributed by atoms with Gasteiger partial charge in [0.2, 0.25) is 11.8 Å². The fraction of sp³-hybridized carbons (Fsp3) is 0.600. The van der Waals surface area contributed by atoms with E-state index >= 15 is 0 Å². The topological polar surface area (TPSA) is 64.7 Å². The number of likely N-dealkylation sites (tertiary alicyclic amines) is 2. The van der Waals surface area contributed by atoms with Gasteiger partial charge in [-0.3, -0.25) is 14.5 Å². The van der Waals surface area contributed by atoms with Crippen molar-refractivity contribution in [1.82, 2.24) is 9.80 Å². The summed E-state index contributed by atoms with van der Waals surface area (Å²) in [6.45, 7) is 5.42. The summed E-state index contributed by atoms with van der Waals surface area (Å²) in [6.07, 6.45) is 4.53. The van der Waals surface area contributed by atoms with Crippen molar-refractivity contribution < 1.29 is 9.59 Å². The van der Waals surface area contributed by atoms with E-state index in [4.69, 9.17) is 0 Å². The number of piperidine rings is 1. The number of hydrogen-bond donors (Lipinski definition) is 2. The Morgan fingerprint density at radius 1 is 1.12 bits per heavy atom. The summed E-state index contributed by atoms with van der Waals surface area (Å²) >= 11 is 0. The molecule has 1 spiro atoms. The van der Waals surface area contributed by atoms with Crippen LogP contribution in [-0.4, -0.2) is 59.4 Å². The van der Waals surface area contributed by atoms with Crippen LogP contribution in [0.4, 0.5) is 11.4 Å². The molecule has 140 valence electrons. The number of anilines is 2. The third-order valence-corrected chi connectivity index (χ3v) is 6.17. The number of rotatable bonds is 3. The zero-order chi connectivity index (χ0) is 18.1. The lowest BCUT2D eigenvalue weighted by molar-refractivity contribution is -0.139. The van der Waals surface area contributed by atoms with E-state index in [9.17, 15) is 9.59 Å². The average molecular weight is 356 g/mol. The van der Waals surface area contributed by atoms with Crippen molar-refractivity contribution in [2.45, 2.75) is 50.6 Å². The van der Waals surface area contributed by atoms with Gasteiger partial charge in [-0.1, -0.05) is 19.1 Å². The van der Waals surface area contributed by atoms with Gasteiger partial charge in [-0.25, -0.2) is 0 Å². The quantitative estimate of drug-likeness (QED) is 0.872. The first kappa shape index (κ1) is 17.3. The molecular formula is C20H28N4O2. The average Bonchev–Trinajstić information content (AvgIpc) is 3.18. The van der Waals surface area contributed by atoms with Crippen LogP contribution in [0.15, 0.2) is 24.3 Å². The highest BCUT2D eigenvalue weighted by Crippen LogP contribution is 2.36. The predicted octanol–water partition coefficient (Wildman–Crippen LogP) is 2.29. The Morgan fingerprint density at radius 3 is 2.42 bits per heavy atom. The number of nitrogens with one attached hydrogen (secondary N) is 2. The molecule has 26 heavy (non-hydrogen) atoms. The molecule has 1 aromatic rings. The second kappa shape index (κ2) is 6.91. The molecule has 0 saturated carbocycles. The van der Waals surface area contributed by atoms with Gasteiger partial charge in [-0.05, 0) is 57.3 Å². The van der Waals surface area contributed by atoms with E-state index in [1.807, 2.05) is 29.2 Å². The van der Waals surface area contributed by atoms with Crippen molar-refractivity contribution in [3.8, 4) is 0 Å². The molecule has 3 aliphatic heterocycles. The number of nitrogens with zero attached hydrogens (tertiary/aromatic N) is 2. The van der Waals surface area contributed by atoms with Gasteiger partial charge >= 0.3 is 0 Å². The van der Waals surface area contributed by atoms with Gasteiger partial charge in [0, 0.05) is 13.1 Å². The Bertz CT molecular complexity index is 691. The van der Waals surface area contributed by atoms with E-state index in [1.165, 1.54) is 12.8 Å². The van der Waals surface area contributed by atoms with Crippen LogP contribution in [0.2, 0.25) is 0 Å². The van der Waals surface area contributed by atoms with Crippen molar-refractivity contribution >= 4 is 23.2 Å². The highest BCUT2D eigenvalue weighted by atomic mass is 16.2. The largest absolute Gasteiger partial charge is 0.369 e. The standard InChI is InChI=1S/C20H28N4O2/c1-2-17(23-11-5-6-12-23)18(25)24-13-9-20(10-14-24)19(26)21-15-7-3-4-8-16(15)22-20/h3-4,7-8,17,22H,2,5-6,9-14H2,1H3,(H,21,26). The maximum absolute atomic E-state index is 13.0. The zero-order valence-electron chi connectivity index (χ0n) is 15.5. The first-order valence-corrected chi connectivity index (χ1v) is 9.84. The Morgan fingerprint density at radius 2 is 1.77 bits per heavy atom. The lowest BCUT2D eigenvalue weighted by atomic mass is 9.84. The van der Waals surface area contributed by atoms with Gasteiger partial charge in [-0.15, -0.1) is 0 Å². The lowest BCUT2D eigenvalue weighted by Gasteiger charge is -2.45. The fourth-order valence-electron chi connectivity index (χ4n) is 4.57. The molecule has 3 heterocycles. The molecule has 3 aliphatic rings. The van der Waals surface area contributed by atoms with E-state index in [1.54, 1.807) is 0 Å². The van der Waals surface area contributed by atoms with Gasteiger partial charge in [0.15, 0.2) is 0 Å². The molecule has 6 heteroatoms. The Kier molecular flexibility index (Phi) is 4.61. The number of hydrogen-bond acceptors (Lipinski definition) is 4. The van der Waals surface area contributed by atoms with E-state index in [2.05, 4.69) is 22.5 Å². The molecule has 1 aromatic carbocycles. The van der Waals surface area contributed by atoms with Crippen molar-refractivity contribution in [3.05, 3.63) is 24.3 Å². The number of fused-ring (bicyclic) bond motifs is 1. The van der Waals surface area contributed by atoms with Crippen molar-refractivity contribution in [3.63, 3.8) is 0 Å². The second-order valence-corrected chi connectivity index (χ2v) is 7.70. The molecule has 4 rings (SSSR count). The number of benzene rings is 1. The monoisotopic (exact) mass is 356 g/mol. The number of carbonyl (C=O) groups is 2. The molecule has 2 amide bonds. The van der Waals surface area contributed by atoms with Gasteiger partial charge in [0.05, 0.1) is 17.4 Å². The Hall–Kier alpha value is -2.08. The minimum absolute atomic E-state index is 0.000387. The minimum Gasteiger partial charge on any atom is -0.369 e. The lowest BCUT2D eigenvalue weighted by Crippen LogP contribution is -2.60. The van der Waals surface area contributed by atoms with Crippen LogP contribution in [0.25, 0.3) is 0 Å². The summed E-state index contributed by atoms with van der Waals surface area (Å²) in [5.41, 5.74) is 1.21. The summed E-state index contributed by atoms with van der Waals surface area (Å²) in [5, 5.41) is 6.49. The molecule has 1 atom stereocenters. The van der Waals surface area contributed by atoms with Crippen LogP contribution >= 0.6 is 0 Å². The van der Waals surface area contributed by atoms with Crippen LogP contribution in [-0.2, 0) is 9.59 Å². The van der Waals surface area contributed by atoms with Gasteiger partial charge < -0.3 is 15.5 Å². The first-order valence-electron chi connectivity index (χ1n) is 9.84. The predicted molar refractivity (Wildman–Crippen MR) is 102 cm³/mol. The number of amides is 2. The second-order valence-electron chi connectivity index (χ2n) is 7.70. The molecule has 0 aliphatic carbocycles. The number of carbonyl (C=O) groups excluding carboxylic acids is 2. The smallest absolute Gasteiger partial charge is 0.250 e. The molecule has 0 radical (unpaired) electrons. The van der Waals surface area contributed by atoms with Gasteiger partial charge in [0.25, 0.3) is 0 Å². The van der Waals surface area contributed by atoms with Gasteiger partial charge in [-0.2, -0.15) is 0 Å². The summed E-state index contributed by atoms with van der Waals surface area (Å²) in [5.74, 6) is 0.260. The normalized spacial score (nSPS) is 23.3. The molecule has 2 saturated heterocycles. The minimum atomic E-state index is -0.597. The molecule has 2 fully saturated rings. The highest BCUT2D eigenvalue weighted by Gasteiger charge is 2.45. The Balaban J connectivity index is 1.44. The molecule has 6 nitrogen and oxygen atoms in total. The van der Waals surface area contributed by atoms with Crippen LogP contribution in [0, 0.1) is 0 Å². The SMILES string of the molecule is CCC(C(=O)N1CCC2(CC1)Nc1ccccc1NC2=O)N1CCCC1. The fourth-order valence-corrected chi connectivity index (χ4v) is 4.57. The number of para-hydroxylation sites is 2. The zero-order valence-corrected chi connectivity index (χ0v) is 15.5.